The summed E-state index contributed by atoms with van der Waals surface area (Å²) in [7, 11) is 0. The predicted octanol–water partition coefficient (Wildman–Crippen LogP) is 1.12. The minimum Gasteiger partial charge on any atom is -0.339 e. The molecule has 3 nitrogen and oxygen atoms in total. The summed E-state index contributed by atoms with van der Waals surface area (Å²) >= 11 is 0. The van der Waals surface area contributed by atoms with E-state index in [-0.39, 0.29) is 11.9 Å². The molecular formula is C11H20N2O. The zero-order valence-electron chi connectivity index (χ0n) is 9.12. The lowest BCUT2D eigenvalue weighted by Gasteiger charge is -2.39. The molecule has 1 aliphatic heterocycles. The second kappa shape index (κ2) is 3.23. The first-order valence-corrected chi connectivity index (χ1v) is 5.60. The molecule has 1 saturated heterocycles. The van der Waals surface area contributed by atoms with Gasteiger partial charge in [-0.3, -0.25) is 4.79 Å². The van der Waals surface area contributed by atoms with Crippen LogP contribution >= 0.6 is 0 Å². The van der Waals surface area contributed by atoms with Crippen LogP contribution in [0.5, 0.6) is 0 Å². The van der Waals surface area contributed by atoms with E-state index in [0.717, 1.165) is 6.54 Å². The van der Waals surface area contributed by atoms with E-state index < -0.39 is 0 Å². The Hall–Kier alpha value is -0.570. The lowest BCUT2D eigenvalue weighted by atomic mass is 9.88. The van der Waals surface area contributed by atoms with Crippen LogP contribution in [0.3, 0.4) is 0 Å². The molecule has 1 spiro atoms. The molecule has 1 aliphatic carbocycles. The van der Waals surface area contributed by atoms with Crippen molar-refractivity contribution >= 4 is 5.91 Å². The van der Waals surface area contributed by atoms with Crippen LogP contribution in [0.15, 0.2) is 0 Å². The lowest BCUT2D eigenvalue weighted by molar-refractivity contribution is -0.136. The van der Waals surface area contributed by atoms with Crippen molar-refractivity contribution in [1.29, 1.82) is 0 Å². The van der Waals surface area contributed by atoms with Gasteiger partial charge >= 0.3 is 0 Å². The first kappa shape index (κ1) is 9.97. The van der Waals surface area contributed by atoms with Gasteiger partial charge in [-0.05, 0) is 44.9 Å². The molecule has 14 heavy (non-hydrogen) atoms. The summed E-state index contributed by atoms with van der Waals surface area (Å²) < 4.78 is 0. The molecule has 0 aromatic heterocycles. The van der Waals surface area contributed by atoms with E-state index in [2.05, 4.69) is 6.92 Å². The number of nitrogens with zero attached hydrogens (tertiary/aromatic N) is 1. The van der Waals surface area contributed by atoms with Crippen molar-refractivity contribution in [3.8, 4) is 0 Å². The van der Waals surface area contributed by atoms with Crippen molar-refractivity contribution in [3.63, 3.8) is 0 Å². The summed E-state index contributed by atoms with van der Waals surface area (Å²) in [5, 5.41) is 0. The predicted molar refractivity (Wildman–Crippen MR) is 55.7 cm³/mol. The average molecular weight is 196 g/mol. The van der Waals surface area contributed by atoms with Gasteiger partial charge in [-0.1, -0.05) is 0 Å². The van der Waals surface area contributed by atoms with Gasteiger partial charge in [0.15, 0.2) is 0 Å². The molecule has 1 heterocycles. The van der Waals surface area contributed by atoms with Crippen LogP contribution in [0, 0.1) is 5.41 Å². The highest BCUT2D eigenvalue weighted by molar-refractivity contribution is 5.81. The van der Waals surface area contributed by atoms with Crippen molar-refractivity contribution in [3.05, 3.63) is 0 Å². The van der Waals surface area contributed by atoms with Crippen molar-refractivity contribution in [2.24, 2.45) is 11.1 Å². The minimum atomic E-state index is -0.342. The van der Waals surface area contributed by atoms with Crippen LogP contribution in [0.2, 0.25) is 0 Å². The maximum Gasteiger partial charge on any atom is 0.239 e. The Morgan fingerprint density at radius 2 is 2.14 bits per heavy atom. The van der Waals surface area contributed by atoms with Crippen LogP contribution in [-0.4, -0.2) is 29.4 Å². The Bertz CT molecular complexity index is 246. The Balaban J connectivity index is 1.98. The molecule has 0 aromatic rings. The summed E-state index contributed by atoms with van der Waals surface area (Å²) in [4.78, 5) is 13.7. The fourth-order valence-electron chi connectivity index (χ4n) is 2.64. The third kappa shape index (κ3) is 1.65. The third-order valence-electron chi connectivity index (χ3n) is 3.77. The quantitative estimate of drug-likeness (QED) is 0.683. The molecular weight excluding hydrogens is 176 g/mol. The van der Waals surface area contributed by atoms with E-state index in [0.29, 0.717) is 11.5 Å². The van der Waals surface area contributed by atoms with E-state index in [1.54, 1.807) is 6.92 Å². The molecule has 2 N–H and O–H groups in total. The number of carbonyl (C=O) groups is 1. The molecule has 0 unspecified atom stereocenters. The number of carbonyl (C=O) groups excluding carboxylic acids is 1. The molecule has 0 radical (unpaired) electrons. The maximum absolute atomic E-state index is 11.7. The second-order valence-corrected chi connectivity index (χ2v) is 5.12. The molecule has 2 fully saturated rings. The molecule has 3 heteroatoms. The summed E-state index contributed by atoms with van der Waals surface area (Å²) in [5.41, 5.74) is 6.24. The highest BCUT2D eigenvalue weighted by Gasteiger charge is 2.47. The highest BCUT2D eigenvalue weighted by atomic mass is 16.2. The number of amides is 1. The van der Waals surface area contributed by atoms with E-state index >= 15 is 0 Å². The summed E-state index contributed by atoms with van der Waals surface area (Å²) in [5.74, 6) is 0.119. The number of nitrogens with two attached hydrogens (primary N) is 1. The average Bonchev–Trinajstić information content (AvgIpc) is 2.84. The van der Waals surface area contributed by atoms with Crippen molar-refractivity contribution in [1.82, 2.24) is 4.90 Å². The van der Waals surface area contributed by atoms with E-state index in [9.17, 15) is 4.79 Å². The van der Waals surface area contributed by atoms with Gasteiger partial charge in [0.25, 0.3) is 0 Å². The molecule has 0 aromatic carbocycles. The number of rotatable bonds is 1. The SMILES string of the molecule is C[C@@H](N)C(=O)N1CCC2(CC2)C[C@@H]1C. The zero-order valence-corrected chi connectivity index (χ0v) is 9.12. The first-order chi connectivity index (χ1) is 6.54. The number of likely N-dealkylation sites (tertiary alicyclic amines) is 1. The van der Waals surface area contributed by atoms with Crippen molar-refractivity contribution < 1.29 is 4.79 Å². The molecule has 2 aliphatic rings. The second-order valence-electron chi connectivity index (χ2n) is 5.12. The lowest BCUT2D eigenvalue weighted by Crippen LogP contribution is -2.50. The van der Waals surface area contributed by atoms with Gasteiger partial charge in [0.1, 0.15) is 0 Å². The number of hydrogen-bond donors (Lipinski definition) is 1. The molecule has 0 bridgehead atoms. The molecule has 80 valence electrons. The van der Waals surface area contributed by atoms with Gasteiger partial charge in [-0.2, -0.15) is 0 Å². The van der Waals surface area contributed by atoms with Gasteiger partial charge in [0, 0.05) is 12.6 Å². The Morgan fingerprint density at radius 3 is 2.57 bits per heavy atom. The van der Waals surface area contributed by atoms with Crippen LogP contribution in [0.1, 0.15) is 39.5 Å². The van der Waals surface area contributed by atoms with E-state index in [1.165, 1.54) is 25.7 Å². The summed E-state index contributed by atoms with van der Waals surface area (Å²) in [6.07, 6.45) is 5.12. The zero-order chi connectivity index (χ0) is 10.3. The van der Waals surface area contributed by atoms with Gasteiger partial charge in [-0.25, -0.2) is 0 Å². The fourth-order valence-corrected chi connectivity index (χ4v) is 2.64. The molecule has 1 saturated carbocycles. The minimum absolute atomic E-state index is 0.119. The number of hydrogen-bond acceptors (Lipinski definition) is 2. The molecule has 2 rings (SSSR count). The number of piperidine rings is 1. The topological polar surface area (TPSA) is 46.3 Å². The maximum atomic E-state index is 11.7. The highest BCUT2D eigenvalue weighted by Crippen LogP contribution is 2.55. The van der Waals surface area contributed by atoms with Gasteiger partial charge in [0.05, 0.1) is 6.04 Å². The Morgan fingerprint density at radius 1 is 1.50 bits per heavy atom. The van der Waals surface area contributed by atoms with E-state index in [4.69, 9.17) is 5.73 Å². The fraction of sp³-hybridized carbons (Fsp3) is 0.909. The van der Waals surface area contributed by atoms with Crippen molar-refractivity contribution in [2.75, 3.05) is 6.54 Å². The van der Waals surface area contributed by atoms with E-state index in [1.807, 2.05) is 4.90 Å². The molecule has 1 amide bonds. The van der Waals surface area contributed by atoms with Crippen LogP contribution in [-0.2, 0) is 4.79 Å². The van der Waals surface area contributed by atoms with Gasteiger partial charge < -0.3 is 10.6 Å². The third-order valence-corrected chi connectivity index (χ3v) is 3.77. The smallest absolute Gasteiger partial charge is 0.239 e. The van der Waals surface area contributed by atoms with Crippen LogP contribution in [0.4, 0.5) is 0 Å². The van der Waals surface area contributed by atoms with Gasteiger partial charge in [-0.15, -0.1) is 0 Å². The normalized spacial score (nSPS) is 31.6. The first-order valence-electron chi connectivity index (χ1n) is 5.60. The Kier molecular flexibility index (Phi) is 2.30. The standard InChI is InChI=1S/C11H20N2O/c1-8-7-11(3-4-11)5-6-13(8)10(14)9(2)12/h8-9H,3-7,12H2,1-2H3/t8-,9+/m0/s1. The summed E-state index contributed by atoms with van der Waals surface area (Å²) in [6, 6.07) is 0.0513. The largest absolute Gasteiger partial charge is 0.339 e. The van der Waals surface area contributed by atoms with Crippen LogP contribution in [0.25, 0.3) is 0 Å². The molecule has 2 atom stereocenters. The van der Waals surface area contributed by atoms with Gasteiger partial charge in [0.2, 0.25) is 5.91 Å². The monoisotopic (exact) mass is 196 g/mol. The van der Waals surface area contributed by atoms with Crippen molar-refractivity contribution in [2.45, 2.75) is 51.6 Å². The van der Waals surface area contributed by atoms with Crippen LogP contribution < -0.4 is 5.73 Å². The summed E-state index contributed by atoms with van der Waals surface area (Å²) in [6.45, 7) is 4.84. The Labute approximate surface area is 85.6 Å².